The van der Waals surface area contributed by atoms with Crippen molar-refractivity contribution in [1.29, 1.82) is 0 Å². The largest absolute Gasteiger partial charge is 0.384 e. The third-order valence-electron chi connectivity index (χ3n) is 4.55. The summed E-state index contributed by atoms with van der Waals surface area (Å²) in [7, 11) is 1.78. The number of rotatable bonds is 3. The second kappa shape index (κ2) is 4.68. The summed E-state index contributed by atoms with van der Waals surface area (Å²) in [5.41, 5.74) is 1.51. The third kappa shape index (κ3) is 1.78. The van der Waals surface area contributed by atoms with Crippen LogP contribution in [0.2, 0.25) is 10.0 Å². The molecule has 2 nitrogen and oxygen atoms in total. The fourth-order valence-corrected chi connectivity index (χ4v) is 3.94. The number of methoxy groups -OCH3 is 1. The summed E-state index contributed by atoms with van der Waals surface area (Å²) < 4.78 is 5.37. The number of piperidine rings is 1. The van der Waals surface area contributed by atoms with Gasteiger partial charge in [0.1, 0.15) is 0 Å². The van der Waals surface area contributed by atoms with E-state index in [9.17, 15) is 0 Å². The zero-order valence-electron chi connectivity index (χ0n) is 10.4. The Bertz CT molecular complexity index is 465. The van der Waals surface area contributed by atoms with Gasteiger partial charge in [0, 0.05) is 19.1 Å². The second-order valence-corrected chi connectivity index (χ2v) is 6.12. The molecule has 1 aromatic carbocycles. The molecule has 1 aromatic rings. The molecule has 98 valence electrons. The summed E-state index contributed by atoms with van der Waals surface area (Å²) in [4.78, 5) is 0. The highest BCUT2D eigenvalue weighted by molar-refractivity contribution is 6.42. The summed E-state index contributed by atoms with van der Waals surface area (Å²) in [6.45, 7) is 2.95. The predicted molar refractivity (Wildman–Crippen MR) is 74.5 cm³/mol. The fourth-order valence-electron chi connectivity index (χ4n) is 3.64. The highest BCUT2D eigenvalue weighted by atomic mass is 35.5. The topological polar surface area (TPSA) is 21.3 Å². The minimum absolute atomic E-state index is 0.211. The van der Waals surface area contributed by atoms with Crippen LogP contribution in [-0.2, 0) is 10.2 Å². The Hall–Kier alpha value is -0.280. The Kier molecular flexibility index (Phi) is 3.31. The van der Waals surface area contributed by atoms with Crippen LogP contribution >= 0.6 is 23.2 Å². The quantitative estimate of drug-likeness (QED) is 0.921. The average Bonchev–Trinajstić information content (AvgIpc) is 3.03. The van der Waals surface area contributed by atoms with E-state index in [4.69, 9.17) is 27.9 Å². The van der Waals surface area contributed by atoms with E-state index in [0.29, 0.717) is 16.0 Å². The van der Waals surface area contributed by atoms with Gasteiger partial charge in [0.05, 0.1) is 16.7 Å². The van der Waals surface area contributed by atoms with E-state index in [1.807, 2.05) is 12.1 Å². The van der Waals surface area contributed by atoms with E-state index in [0.717, 1.165) is 25.6 Å². The molecule has 1 N–H and O–H groups in total. The molecule has 3 atom stereocenters. The minimum Gasteiger partial charge on any atom is -0.384 e. The van der Waals surface area contributed by atoms with Gasteiger partial charge in [0.25, 0.3) is 0 Å². The van der Waals surface area contributed by atoms with Gasteiger partial charge in [-0.3, -0.25) is 0 Å². The van der Waals surface area contributed by atoms with Crippen molar-refractivity contribution in [2.24, 2.45) is 11.8 Å². The summed E-state index contributed by atoms with van der Waals surface area (Å²) in [6, 6.07) is 6.05. The van der Waals surface area contributed by atoms with E-state index in [1.54, 1.807) is 7.11 Å². The number of hydrogen-bond donors (Lipinski definition) is 1. The zero-order valence-corrected chi connectivity index (χ0v) is 11.9. The van der Waals surface area contributed by atoms with Gasteiger partial charge in [-0.05, 0) is 42.5 Å². The molecule has 1 saturated carbocycles. The first kappa shape index (κ1) is 12.7. The van der Waals surface area contributed by atoms with Crippen molar-refractivity contribution in [3.8, 4) is 0 Å². The average molecular weight is 286 g/mol. The molecule has 18 heavy (non-hydrogen) atoms. The van der Waals surface area contributed by atoms with Crippen molar-refractivity contribution in [1.82, 2.24) is 5.32 Å². The van der Waals surface area contributed by atoms with Crippen molar-refractivity contribution >= 4 is 23.2 Å². The Morgan fingerprint density at radius 3 is 2.94 bits per heavy atom. The highest BCUT2D eigenvalue weighted by Gasteiger charge is 2.65. The molecule has 0 spiro atoms. The van der Waals surface area contributed by atoms with Crippen LogP contribution in [0.3, 0.4) is 0 Å². The summed E-state index contributed by atoms with van der Waals surface area (Å²) in [5.74, 6) is 1.32. The van der Waals surface area contributed by atoms with Crippen LogP contribution in [0.25, 0.3) is 0 Å². The normalized spacial score (nSPS) is 34.2. The van der Waals surface area contributed by atoms with Crippen molar-refractivity contribution in [3.63, 3.8) is 0 Å². The van der Waals surface area contributed by atoms with Crippen LogP contribution in [0.5, 0.6) is 0 Å². The molecular weight excluding hydrogens is 269 g/mol. The van der Waals surface area contributed by atoms with Gasteiger partial charge in [-0.2, -0.15) is 0 Å². The first-order valence-corrected chi connectivity index (χ1v) is 7.11. The predicted octanol–water partition coefficient (Wildman–Crippen LogP) is 3.12. The molecular formula is C14H17Cl2NO. The van der Waals surface area contributed by atoms with E-state index < -0.39 is 0 Å². The third-order valence-corrected chi connectivity index (χ3v) is 5.29. The summed E-state index contributed by atoms with van der Waals surface area (Å²) in [6.07, 6.45) is 1.22. The fraction of sp³-hybridized carbons (Fsp3) is 0.571. The molecule has 0 aromatic heterocycles. The first-order chi connectivity index (χ1) is 8.70. The molecule has 4 heteroatoms. The number of halogens is 2. The highest BCUT2D eigenvalue weighted by Crippen LogP contribution is 2.62. The smallest absolute Gasteiger partial charge is 0.0595 e. The van der Waals surface area contributed by atoms with E-state index in [2.05, 4.69) is 11.4 Å². The molecule has 1 saturated heterocycles. The number of nitrogens with one attached hydrogen (secondary N) is 1. The lowest BCUT2D eigenvalue weighted by atomic mass is 9.89. The van der Waals surface area contributed by atoms with Crippen LogP contribution in [0, 0.1) is 11.8 Å². The van der Waals surface area contributed by atoms with Gasteiger partial charge in [0.15, 0.2) is 0 Å². The Morgan fingerprint density at radius 1 is 1.39 bits per heavy atom. The van der Waals surface area contributed by atoms with Gasteiger partial charge < -0.3 is 10.1 Å². The second-order valence-electron chi connectivity index (χ2n) is 5.30. The maximum atomic E-state index is 6.15. The van der Waals surface area contributed by atoms with Crippen molar-refractivity contribution in [3.05, 3.63) is 33.8 Å². The SMILES string of the molecule is COC[C@@H]1C2CCNC[C@]21c1ccc(Cl)c(Cl)c1. The van der Waals surface area contributed by atoms with Gasteiger partial charge in [-0.1, -0.05) is 29.3 Å². The molecule has 1 heterocycles. The molecule has 2 fully saturated rings. The Labute approximate surface area is 118 Å². The van der Waals surface area contributed by atoms with Crippen LogP contribution in [0.15, 0.2) is 18.2 Å². The maximum absolute atomic E-state index is 6.15. The number of fused-ring (bicyclic) bond motifs is 1. The molecule has 3 rings (SSSR count). The number of benzene rings is 1. The molecule has 0 amide bonds. The Balaban J connectivity index is 1.95. The molecule has 0 radical (unpaired) electrons. The van der Waals surface area contributed by atoms with Gasteiger partial charge in [-0.25, -0.2) is 0 Å². The van der Waals surface area contributed by atoms with Gasteiger partial charge in [-0.15, -0.1) is 0 Å². The molecule has 1 unspecified atom stereocenters. The lowest BCUT2D eigenvalue weighted by Crippen LogP contribution is -2.35. The maximum Gasteiger partial charge on any atom is 0.0595 e. The van der Waals surface area contributed by atoms with Crippen molar-refractivity contribution in [2.45, 2.75) is 11.8 Å². The standard InChI is InChI=1S/C14H17Cl2NO/c1-18-7-11-10-4-5-17-8-14(10,11)9-2-3-12(15)13(16)6-9/h2-3,6,10-11,17H,4-5,7-8H2,1H3/t10?,11-,14+/m1/s1. The number of hydrogen-bond acceptors (Lipinski definition) is 2. The zero-order chi connectivity index (χ0) is 12.8. The van der Waals surface area contributed by atoms with Crippen LogP contribution in [-0.4, -0.2) is 26.8 Å². The first-order valence-electron chi connectivity index (χ1n) is 6.35. The molecule has 2 aliphatic rings. The van der Waals surface area contributed by atoms with E-state index in [1.165, 1.54) is 12.0 Å². The van der Waals surface area contributed by atoms with E-state index >= 15 is 0 Å². The lowest BCUT2D eigenvalue weighted by Gasteiger charge is -2.24. The van der Waals surface area contributed by atoms with Crippen molar-refractivity contribution in [2.75, 3.05) is 26.8 Å². The van der Waals surface area contributed by atoms with Crippen LogP contribution in [0.4, 0.5) is 0 Å². The van der Waals surface area contributed by atoms with E-state index in [-0.39, 0.29) is 5.41 Å². The monoisotopic (exact) mass is 285 g/mol. The lowest BCUT2D eigenvalue weighted by molar-refractivity contribution is 0.176. The van der Waals surface area contributed by atoms with Gasteiger partial charge >= 0.3 is 0 Å². The number of ether oxygens (including phenoxy) is 1. The molecule has 1 aliphatic heterocycles. The molecule has 0 bridgehead atoms. The van der Waals surface area contributed by atoms with Crippen LogP contribution in [0.1, 0.15) is 12.0 Å². The summed E-state index contributed by atoms with van der Waals surface area (Å²) in [5, 5.41) is 4.78. The minimum atomic E-state index is 0.211. The molecule has 1 aliphatic carbocycles. The van der Waals surface area contributed by atoms with Crippen LogP contribution < -0.4 is 5.32 Å². The van der Waals surface area contributed by atoms with Gasteiger partial charge in [0.2, 0.25) is 0 Å². The summed E-state index contributed by atoms with van der Waals surface area (Å²) >= 11 is 12.2. The van der Waals surface area contributed by atoms with Crippen molar-refractivity contribution < 1.29 is 4.74 Å². The Morgan fingerprint density at radius 2 is 2.22 bits per heavy atom.